The molecule has 1 atom stereocenters. The molecule has 0 aliphatic carbocycles. The largest absolute Gasteiger partial charge is 0.573 e. The zero-order chi connectivity index (χ0) is 14.5. The second-order valence-electron chi connectivity index (χ2n) is 4.06. The van der Waals surface area contributed by atoms with E-state index in [0.29, 0.717) is 18.7 Å². The molecule has 6 heteroatoms. The lowest BCUT2D eigenvalue weighted by atomic mass is 10.0. The summed E-state index contributed by atoms with van der Waals surface area (Å²) in [5.74, 6) is -0.183. The second-order valence-corrected chi connectivity index (χ2v) is 4.06. The van der Waals surface area contributed by atoms with Crippen molar-refractivity contribution >= 4 is 0 Å². The molecule has 0 radical (unpaired) electrons. The molecular formula is C13H19F3N2O. The van der Waals surface area contributed by atoms with Crippen LogP contribution in [0, 0.1) is 0 Å². The molecule has 0 heterocycles. The van der Waals surface area contributed by atoms with Crippen molar-refractivity contribution in [2.24, 2.45) is 5.73 Å². The Kier molecular flexibility index (Phi) is 5.62. The van der Waals surface area contributed by atoms with Crippen LogP contribution < -0.4 is 10.5 Å². The summed E-state index contributed by atoms with van der Waals surface area (Å²) in [4.78, 5) is 2.00. The maximum absolute atomic E-state index is 12.4. The number of hydrogen-bond donors (Lipinski definition) is 1. The van der Waals surface area contributed by atoms with E-state index in [0.717, 1.165) is 0 Å². The summed E-state index contributed by atoms with van der Waals surface area (Å²) in [6, 6.07) is 5.85. The fourth-order valence-corrected chi connectivity index (χ4v) is 2.11. The lowest BCUT2D eigenvalue weighted by molar-refractivity contribution is -0.275. The summed E-state index contributed by atoms with van der Waals surface area (Å²) in [5.41, 5.74) is 6.17. The minimum absolute atomic E-state index is 0.183. The van der Waals surface area contributed by atoms with Crippen molar-refractivity contribution in [1.82, 2.24) is 4.90 Å². The van der Waals surface area contributed by atoms with Crippen molar-refractivity contribution in [3.8, 4) is 5.75 Å². The van der Waals surface area contributed by atoms with Crippen LogP contribution in [0.2, 0.25) is 0 Å². The Hall–Kier alpha value is -1.27. The van der Waals surface area contributed by atoms with E-state index in [4.69, 9.17) is 5.73 Å². The van der Waals surface area contributed by atoms with Gasteiger partial charge in [0.1, 0.15) is 5.75 Å². The van der Waals surface area contributed by atoms with Crippen LogP contribution in [-0.4, -0.2) is 30.9 Å². The number of nitrogens with two attached hydrogens (primary N) is 1. The Bertz CT molecular complexity index is 392. The van der Waals surface area contributed by atoms with Gasteiger partial charge in [0.15, 0.2) is 0 Å². The maximum atomic E-state index is 12.4. The molecule has 0 unspecified atom stereocenters. The fourth-order valence-electron chi connectivity index (χ4n) is 2.11. The zero-order valence-corrected chi connectivity index (χ0v) is 11.1. The van der Waals surface area contributed by atoms with Gasteiger partial charge in [-0.25, -0.2) is 0 Å². The van der Waals surface area contributed by atoms with E-state index in [2.05, 4.69) is 4.74 Å². The quantitative estimate of drug-likeness (QED) is 0.868. The highest BCUT2D eigenvalue weighted by atomic mass is 19.4. The normalized spacial score (nSPS) is 13.6. The number of alkyl halides is 3. The molecule has 0 fully saturated rings. The van der Waals surface area contributed by atoms with Crippen molar-refractivity contribution < 1.29 is 17.9 Å². The van der Waals surface area contributed by atoms with Crippen LogP contribution in [0.1, 0.15) is 25.5 Å². The van der Waals surface area contributed by atoms with E-state index >= 15 is 0 Å². The van der Waals surface area contributed by atoms with Crippen LogP contribution in [0.15, 0.2) is 24.3 Å². The van der Waals surface area contributed by atoms with E-state index in [-0.39, 0.29) is 18.3 Å². The molecule has 0 aliphatic rings. The number of hydrogen-bond acceptors (Lipinski definition) is 3. The highest BCUT2D eigenvalue weighted by molar-refractivity contribution is 5.36. The molecule has 0 spiro atoms. The summed E-state index contributed by atoms with van der Waals surface area (Å²) in [7, 11) is 0. The Labute approximate surface area is 111 Å². The van der Waals surface area contributed by atoms with E-state index in [1.807, 2.05) is 18.7 Å². The van der Waals surface area contributed by atoms with Gasteiger partial charge in [0.2, 0.25) is 0 Å². The van der Waals surface area contributed by atoms with Crippen LogP contribution in [0.5, 0.6) is 5.75 Å². The maximum Gasteiger partial charge on any atom is 0.573 e. The summed E-state index contributed by atoms with van der Waals surface area (Å²) in [6.07, 6.45) is -4.70. The number of ether oxygens (including phenoxy) is 1. The molecular weight excluding hydrogens is 257 g/mol. The van der Waals surface area contributed by atoms with E-state index in [1.54, 1.807) is 12.1 Å². The van der Waals surface area contributed by atoms with Crippen molar-refractivity contribution in [3.63, 3.8) is 0 Å². The van der Waals surface area contributed by atoms with E-state index in [9.17, 15) is 13.2 Å². The summed E-state index contributed by atoms with van der Waals surface area (Å²) in [5, 5.41) is 0. The minimum Gasteiger partial charge on any atom is -0.405 e. The molecule has 1 aromatic rings. The predicted octanol–water partition coefficient (Wildman–Crippen LogP) is 2.93. The molecule has 0 aromatic heterocycles. The smallest absolute Gasteiger partial charge is 0.405 e. The monoisotopic (exact) mass is 276 g/mol. The zero-order valence-electron chi connectivity index (χ0n) is 11.1. The number of para-hydroxylation sites is 1. The molecule has 0 aliphatic heterocycles. The summed E-state index contributed by atoms with van der Waals surface area (Å²) < 4.78 is 41.2. The van der Waals surface area contributed by atoms with Gasteiger partial charge in [0.05, 0.1) is 6.04 Å². The van der Waals surface area contributed by atoms with Crippen LogP contribution in [0.3, 0.4) is 0 Å². The standard InChI is InChI=1S/C13H19F3N2O/c1-3-18(4-2)11(9-17)10-7-5-6-8-12(10)19-13(14,15)16/h5-8,11H,3-4,9,17H2,1-2H3/t11-/m1/s1. The first-order valence-corrected chi connectivity index (χ1v) is 6.21. The van der Waals surface area contributed by atoms with Gasteiger partial charge in [-0.05, 0) is 19.2 Å². The molecule has 0 saturated carbocycles. The number of likely N-dealkylation sites (N-methyl/N-ethyl adjacent to an activating group) is 1. The van der Waals surface area contributed by atoms with Gasteiger partial charge in [0, 0.05) is 12.1 Å². The number of rotatable bonds is 6. The van der Waals surface area contributed by atoms with Gasteiger partial charge in [-0.1, -0.05) is 32.0 Å². The number of nitrogens with zero attached hydrogens (tertiary/aromatic N) is 1. The van der Waals surface area contributed by atoms with Crippen molar-refractivity contribution in [3.05, 3.63) is 29.8 Å². The van der Waals surface area contributed by atoms with Crippen molar-refractivity contribution in [2.45, 2.75) is 26.3 Å². The fraction of sp³-hybridized carbons (Fsp3) is 0.538. The lowest BCUT2D eigenvalue weighted by Gasteiger charge is -2.30. The third kappa shape index (κ3) is 4.40. The number of halogens is 3. The molecule has 0 amide bonds. The summed E-state index contributed by atoms with van der Waals surface area (Å²) >= 11 is 0. The van der Waals surface area contributed by atoms with E-state index in [1.165, 1.54) is 12.1 Å². The minimum atomic E-state index is -4.70. The van der Waals surface area contributed by atoms with Gasteiger partial charge >= 0.3 is 6.36 Å². The third-order valence-corrected chi connectivity index (χ3v) is 2.98. The lowest BCUT2D eigenvalue weighted by Crippen LogP contribution is -2.34. The predicted molar refractivity (Wildman–Crippen MR) is 67.8 cm³/mol. The molecule has 108 valence electrons. The van der Waals surface area contributed by atoms with Gasteiger partial charge in [-0.2, -0.15) is 0 Å². The van der Waals surface area contributed by atoms with Gasteiger partial charge in [-0.15, -0.1) is 13.2 Å². The highest BCUT2D eigenvalue weighted by Gasteiger charge is 2.33. The highest BCUT2D eigenvalue weighted by Crippen LogP contribution is 2.32. The molecule has 1 aromatic carbocycles. The first-order chi connectivity index (χ1) is 8.92. The van der Waals surface area contributed by atoms with Crippen LogP contribution in [0.4, 0.5) is 13.2 Å². The Morgan fingerprint density at radius 1 is 1.21 bits per heavy atom. The molecule has 3 nitrogen and oxygen atoms in total. The van der Waals surface area contributed by atoms with Crippen molar-refractivity contribution in [1.29, 1.82) is 0 Å². The molecule has 0 bridgehead atoms. The third-order valence-electron chi connectivity index (χ3n) is 2.98. The van der Waals surface area contributed by atoms with Gasteiger partial charge in [-0.3, -0.25) is 4.90 Å². The van der Waals surface area contributed by atoms with E-state index < -0.39 is 6.36 Å². The van der Waals surface area contributed by atoms with Gasteiger partial charge < -0.3 is 10.5 Å². The molecule has 19 heavy (non-hydrogen) atoms. The Morgan fingerprint density at radius 2 is 1.79 bits per heavy atom. The SMILES string of the molecule is CCN(CC)[C@H](CN)c1ccccc1OC(F)(F)F. The summed E-state index contributed by atoms with van der Waals surface area (Å²) in [6.45, 7) is 5.54. The van der Waals surface area contributed by atoms with Gasteiger partial charge in [0.25, 0.3) is 0 Å². The number of benzene rings is 1. The first kappa shape index (κ1) is 15.8. The molecule has 0 saturated heterocycles. The Balaban J connectivity index is 3.09. The van der Waals surface area contributed by atoms with Crippen LogP contribution >= 0.6 is 0 Å². The first-order valence-electron chi connectivity index (χ1n) is 6.21. The topological polar surface area (TPSA) is 38.5 Å². The van der Waals surface area contributed by atoms with Crippen molar-refractivity contribution in [2.75, 3.05) is 19.6 Å². The average molecular weight is 276 g/mol. The molecule has 2 N–H and O–H groups in total. The molecule has 1 rings (SSSR count). The second kappa shape index (κ2) is 6.77. The van der Waals surface area contributed by atoms with Crippen LogP contribution in [-0.2, 0) is 0 Å². The Morgan fingerprint density at radius 3 is 2.26 bits per heavy atom. The van der Waals surface area contributed by atoms with Crippen LogP contribution in [0.25, 0.3) is 0 Å². The average Bonchev–Trinajstić information content (AvgIpc) is 2.35.